The van der Waals surface area contributed by atoms with E-state index in [4.69, 9.17) is 9.47 Å². The second-order valence-electron chi connectivity index (χ2n) is 3.49. The summed E-state index contributed by atoms with van der Waals surface area (Å²) in [7, 11) is 1.41. The van der Waals surface area contributed by atoms with E-state index in [2.05, 4.69) is 5.32 Å². The van der Waals surface area contributed by atoms with Gasteiger partial charge in [-0.15, -0.1) is 0 Å². The molecule has 86 valence electrons. The van der Waals surface area contributed by atoms with E-state index in [-0.39, 0.29) is 11.8 Å². The maximum atomic E-state index is 13.9. The van der Waals surface area contributed by atoms with Crippen molar-refractivity contribution in [2.45, 2.75) is 12.5 Å². The number of benzene rings is 1. The highest BCUT2D eigenvalue weighted by molar-refractivity contribution is 5.68. The predicted octanol–water partition coefficient (Wildman–Crippen LogP) is 2.01. The number of halogens is 1. The molecule has 0 spiro atoms. The Morgan fingerprint density at radius 1 is 1.56 bits per heavy atom. The van der Waals surface area contributed by atoms with Gasteiger partial charge in [-0.25, -0.2) is 9.18 Å². The normalized spacial score (nSPS) is 19.9. The summed E-state index contributed by atoms with van der Waals surface area (Å²) in [6.07, 6.45) is 0.0361. The lowest BCUT2D eigenvalue weighted by molar-refractivity contribution is 0.115. The maximum absolute atomic E-state index is 13.9. The van der Waals surface area contributed by atoms with Gasteiger partial charge in [-0.3, -0.25) is 0 Å². The van der Waals surface area contributed by atoms with Crippen molar-refractivity contribution in [3.05, 3.63) is 29.6 Å². The zero-order valence-corrected chi connectivity index (χ0v) is 8.83. The molecule has 1 N–H and O–H groups in total. The Kier molecular flexibility index (Phi) is 2.94. The van der Waals surface area contributed by atoms with Gasteiger partial charge in [-0.2, -0.15) is 0 Å². The van der Waals surface area contributed by atoms with E-state index in [0.717, 1.165) is 0 Å². The van der Waals surface area contributed by atoms with Crippen LogP contribution >= 0.6 is 0 Å². The summed E-state index contributed by atoms with van der Waals surface area (Å²) in [5.41, 5.74) is 0.427. The van der Waals surface area contributed by atoms with E-state index in [0.29, 0.717) is 18.6 Å². The fourth-order valence-corrected chi connectivity index (χ4v) is 1.71. The Labute approximate surface area is 92.4 Å². The van der Waals surface area contributed by atoms with Crippen LogP contribution in [0.4, 0.5) is 9.18 Å². The molecule has 1 heterocycles. The molecule has 16 heavy (non-hydrogen) atoms. The van der Waals surface area contributed by atoms with Crippen LogP contribution in [0.3, 0.4) is 0 Å². The minimum absolute atomic E-state index is 0.179. The average molecular weight is 225 g/mol. The SMILES string of the molecule is COc1cccc([C@H]2CCOC(=O)N2)c1F. The fraction of sp³-hybridized carbons (Fsp3) is 0.364. The Morgan fingerprint density at radius 2 is 2.38 bits per heavy atom. The van der Waals surface area contributed by atoms with Crippen LogP contribution in [-0.2, 0) is 4.74 Å². The number of hydrogen-bond donors (Lipinski definition) is 1. The summed E-state index contributed by atoms with van der Waals surface area (Å²) in [4.78, 5) is 11.0. The molecule has 1 aliphatic rings. The first-order chi connectivity index (χ1) is 7.72. The van der Waals surface area contributed by atoms with Crippen molar-refractivity contribution in [3.8, 4) is 5.75 Å². The van der Waals surface area contributed by atoms with Crippen LogP contribution in [0.1, 0.15) is 18.0 Å². The minimum atomic E-state index is -0.515. The number of carbonyl (C=O) groups excluding carboxylic acids is 1. The summed E-state index contributed by atoms with van der Waals surface area (Å²) in [5, 5.41) is 2.57. The lowest BCUT2D eigenvalue weighted by Gasteiger charge is -2.24. The summed E-state index contributed by atoms with van der Waals surface area (Å²) in [6.45, 7) is 0.299. The molecule has 4 nitrogen and oxygen atoms in total. The third kappa shape index (κ3) is 1.93. The minimum Gasteiger partial charge on any atom is -0.494 e. The maximum Gasteiger partial charge on any atom is 0.407 e. The van der Waals surface area contributed by atoms with Gasteiger partial charge in [0.05, 0.1) is 19.8 Å². The van der Waals surface area contributed by atoms with Crippen LogP contribution in [0, 0.1) is 5.82 Å². The molecule has 5 heteroatoms. The zero-order chi connectivity index (χ0) is 11.5. The Morgan fingerprint density at radius 3 is 3.06 bits per heavy atom. The molecule has 1 amide bonds. The van der Waals surface area contributed by atoms with E-state index in [1.807, 2.05) is 0 Å². The first-order valence-corrected chi connectivity index (χ1v) is 4.98. The quantitative estimate of drug-likeness (QED) is 0.837. The second-order valence-corrected chi connectivity index (χ2v) is 3.49. The Balaban J connectivity index is 2.29. The van der Waals surface area contributed by atoms with E-state index in [1.165, 1.54) is 7.11 Å². The van der Waals surface area contributed by atoms with E-state index in [9.17, 15) is 9.18 Å². The van der Waals surface area contributed by atoms with Crippen LogP contribution in [0.15, 0.2) is 18.2 Å². The smallest absolute Gasteiger partial charge is 0.407 e. The number of carbonyl (C=O) groups is 1. The summed E-state index contributed by atoms with van der Waals surface area (Å²) < 4.78 is 23.5. The molecule has 1 aliphatic heterocycles. The molecule has 1 aromatic carbocycles. The van der Waals surface area contributed by atoms with Crippen molar-refractivity contribution >= 4 is 6.09 Å². The van der Waals surface area contributed by atoms with Crippen LogP contribution in [0.5, 0.6) is 5.75 Å². The molecule has 0 bridgehead atoms. The van der Waals surface area contributed by atoms with Crippen molar-refractivity contribution in [1.82, 2.24) is 5.32 Å². The number of ether oxygens (including phenoxy) is 2. The molecule has 0 unspecified atom stereocenters. The highest BCUT2D eigenvalue weighted by atomic mass is 19.1. The van der Waals surface area contributed by atoms with E-state index in [1.54, 1.807) is 18.2 Å². The van der Waals surface area contributed by atoms with Gasteiger partial charge in [0.25, 0.3) is 0 Å². The number of cyclic esters (lactones) is 1. The fourth-order valence-electron chi connectivity index (χ4n) is 1.71. The third-order valence-corrected chi connectivity index (χ3v) is 2.52. The topological polar surface area (TPSA) is 47.6 Å². The first-order valence-electron chi connectivity index (χ1n) is 4.98. The standard InChI is InChI=1S/C11H12FNO3/c1-15-9-4-2-3-7(10(9)12)8-5-6-16-11(14)13-8/h2-4,8H,5-6H2,1H3,(H,13,14)/t8-/m1/s1. The predicted molar refractivity (Wildman–Crippen MR) is 54.8 cm³/mol. The molecular weight excluding hydrogens is 213 g/mol. The van der Waals surface area contributed by atoms with Gasteiger partial charge in [0.15, 0.2) is 11.6 Å². The van der Waals surface area contributed by atoms with Gasteiger partial charge in [-0.1, -0.05) is 12.1 Å². The second kappa shape index (κ2) is 4.38. The van der Waals surface area contributed by atoms with Gasteiger partial charge in [0.2, 0.25) is 0 Å². The number of nitrogens with one attached hydrogen (secondary N) is 1. The molecule has 0 aliphatic carbocycles. The molecule has 1 atom stereocenters. The van der Waals surface area contributed by atoms with Crippen molar-refractivity contribution in [2.75, 3.05) is 13.7 Å². The van der Waals surface area contributed by atoms with Crippen molar-refractivity contribution in [2.24, 2.45) is 0 Å². The van der Waals surface area contributed by atoms with Gasteiger partial charge < -0.3 is 14.8 Å². The summed E-state index contributed by atoms with van der Waals surface area (Å²) >= 11 is 0. The Bertz CT molecular complexity index is 408. The van der Waals surface area contributed by atoms with Crippen molar-refractivity contribution < 1.29 is 18.7 Å². The van der Waals surface area contributed by atoms with E-state index < -0.39 is 11.9 Å². The molecule has 2 rings (SSSR count). The zero-order valence-electron chi connectivity index (χ0n) is 8.83. The van der Waals surface area contributed by atoms with Crippen molar-refractivity contribution in [1.29, 1.82) is 0 Å². The van der Waals surface area contributed by atoms with Crippen LogP contribution in [0.2, 0.25) is 0 Å². The number of rotatable bonds is 2. The number of methoxy groups -OCH3 is 1. The largest absolute Gasteiger partial charge is 0.494 e. The summed E-state index contributed by atoms with van der Waals surface area (Å²) in [5.74, 6) is -0.254. The highest BCUT2D eigenvalue weighted by Gasteiger charge is 2.24. The number of alkyl carbamates (subject to hydrolysis) is 1. The first kappa shape index (κ1) is 10.7. The molecular formula is C11H12FNO3. The van der Waals surface area contributed by atoms with Crippen LogP contribution in [0.25, 0.3) is 0 Å². The lowest BCUT2D eigenvalue weighted by atomic mass is 10.0. The van der Waals surface area contributed by atoms with Crippen LogP contribution in [-0.4, -0.2) is 19.8 Å². The molecule has 1 aromatic rings. The summed E-state index contributed by atoms with van der Waals surface area (Å²) in [6, 6.07) is 4.52. The number of amides is 1. The molecule has 0 radical (unpaired) electrons. The number of hydrogen-bond acceptors (Lipinski definition) is 3. The third-order valence-electron chi connectivity index (χ3n) is 2.52. The monoisotopic (exact) mass is 225 g/mol. The molecule has 0 saturated carbocycles. The highest BCUT2D eigenvalue weighted by Crippen LogP contribution is 2.28. The molecule has 0 aromatic heterocycles. The van der Waals surface area contributed by atoms with Gasteiger partial charge >= 0.3 is 6.09 Å². The average Bonchev–Trinajstić information content (AvgIpc) is 2.29. The van der Waals surface area contributed by atoms with Crippen molar-refractivity contribution in [3.63, 3.8) is 0 Å². The van der Waals surface area contributed by atoms with Gasteiger partial charge in [-0.05, 0) is 6.07 Å². The molecule has 1 saturated heterocycles. The molecule has 1 fully saturated rings. The van der Waals surface area contributed by atoms with Gasteiger partial charge in [0, 0.05) is 12.0 Å². The lowest BCUT2D eigenvalue weighted by Crippen LogP contribution is -2.35. The van der Waals surface area contributed by atoms with Gasteiger partial charge in [0.1, 0.15) is 0 Å². The Hall–Kier alpha value is -1.78. The van der Waals surface area contributed by atoms with E-state index >= 15 is 0 Å². The van der Waals surface area contributed by atoms with Crippen LogP contribution < -0.4 is 10.1 Å².